The number of aliphatic hydroxyl groups excluding tert-OH is 6. The number of benzene rings is 2. The molecule has 8 N–H and O–H groups in total. The molecule has 0 bridgehead atoms. The molecule has 2 rings (SSSR count). The first-order chi connectivity index (χ1) is 17.9. The van der Waals surface area contributed by atoms with E-state index in [4.69, 9.17) is 31.7 Å². The Balaban J connectivity index is 0.000000616. The van der Waals surface area contributed by atoms with Crippen LogP contribution in [0, 0.1) is 19.3 Å². The normalized spacial score (nSPS) is 12.2. The van der Waals surface area contributed by atoms with Crippen LogP contribution in [0.15, 0.2) is 55.1 Å². The van der Waals surface area contributed by atoms with Gasteiger partial charge in [-0.05, 0) is 61.4 Å². The Morgan fingerprint density at radius 1 is 0.718 bits per heavy atom. The van der Waals surface area contributed by atoms with Crippen molar-refractivity contribution in [2.24, 2.45) is 11.1 Å². The van der Waals surface area contributed by atoms with E-state index < -0.39 is 75.2 Å². The second kappa shape index (κ2) is 16.7. The summed E-state index contributed by atoms with van der Waals surface area (Å²) in [5, 5.41) is 52.6. The van der Waals surface area contributed by atoms with Crippen LogP contribution in [0.1, 0.15) is 11.1 Å². The van der Waals surface area contributed by atoms with E-state index in [-0.39, 0.29) is 9.79 Å². The second-order valence-electron chi connectivity index (χ2n) is 8.83. The molecule has 0 saturated heterocycles. The summed E-state index contributed by atoms with van der Waals surface area (Å²) in [6.07, 6.45) is 0. The average molecular weight is 744 g/mol. The third-order valence-corrected chi connectivity index (χ3v) is 10.4. The quantitative estimate of drug-likeness (QED) is 0.169. The highest BCUT2D eigenvalue weighted by atomic mass is 79.9. The summed E-state index contributed by atoms with van der Waals surface area (Å²) < 4.78 is 47.8. The van der Waals surface area contributed by atoms with Crippen molar-refractivity contribution >= 4 is 61.4 Å². The maximum Gasteiger partial charge on any atom is 0.261 e. The van der Waals surface area contributed by atoms with Crippen LogP contribution in [0.5, 0.6) is 0 Å². The fourth-order valence-electron chi connectivity index (χ4n) is 2.50. The van der Waals surface area contributed by atoms with Gasteiger partial charge in [0.2, 0.25) is 0 Å². The number of halogens is 3. The third kappa shape index (κ3) is 12.4. The van der Waals surface area contributed by atoms with Crippen molar-refractivity contribution in [1.29, 1.82) is 0 Å². The summed E-state index contributed by atoms with van der Waals surface area (Å²) in [4.78, 5) is 0.234. The Bertz CT molecular complexity index is 1250. The topological polar surface area (TPSA) is 216 Å². The predicted molar refractivity (Wildman–Crippen MR) is 155 cm³/mol. The molecule has 0 aliphatic rings. The fraction of sp³-hybridized carbons (Fsp3) is 0.478. The zero-order chi connectivity index (χ0) is 30.7. The lowest BCUT2D eigenvalue weighted by atomic mass is 9.94. The van der Waals surface area contributed by atoms with Gasteiger partial charge in [0.15, 0.2) is 9.84 Å². The first kappa shape index (κ1) is 38.3. The zero-order valence-corrected chi connectivity index (χ0v) is 26.8. The first-order valence-corrected chi connectivity index (χ1v) is 16.6. The largest absolute Gasteiger partial charge is 0.396 e. The number of sulfone groups is 1. The summed E-state index contributed by atoms with van der Waals surface area (Å²) in [6.45, 7) is 0.550. The lowest BCUT2D eigenvalue weighted by Crippen LogP contribution is -2.50. The molecule has 224 valence electrons. The van der Waals surface area contributed by atoms with Crippen molar-refractivity contribution < 1.29 is 47.5 Å². The van der Waals surface area contributed by atoms with E-state index in [1.54, 1.807) is 26.0 Å². The summed E-state index contributed by atoms with van der Waals surface area (Å²) in [5.41, 5.74) is 4.12. The van der Waals surface area contributed by atoms with Gasteiger partial charge in [0.1, 0.15) is 0 Å². The molecule has 2 aromatic carbocycles. The van der Waals surface area contributed by atoms with E-state index in [9.17, 15) is 32.2 Å². The van der Waals surface area contributed by atoms with Gasteiger partial charge in [-0.25, -0.2) is 16.8 Å². The van der Waals surface area contributed by atoms with Crippen molar-refractivity contribution in [3.63, 3.8) is 0 Å². The van der Waals surface area contributed by atoms with Crippen LogP contribution >= 0.6 is 42.5 Å². The summed E-state index contributed by atoms with van der Waals surface area (Å²) >= 11 is 6.54. The molecule has 0 spiro atoms. The van der Waals surface area contributed by atoms with Gasteiger partial charge in [-0.3, -0.25) is 0 Å². The molecule has 0 atom stereocenters. The van der Waals surface area contributed by atoms with Crippen molar-refractivity contribution in [3.05, 3.63) is 56.5 Å². The predicted octanol–water partition coefficient (Wildman–Crippen LogP) is 0.840. The number of aliphatic hydroxyl groups is 6. The van der Waals surface area contributed by atoms with Crippen molar-refractivity contribution in [3.8, 4) is 0 Å². The summed E-state index contributed by atoms with van der Waals surface area (Å²) in [5.74, 6) is -0.509. The van der Waals surface area contributed by atoms with Crippen molar-refractivity contribution in [2.75, 3.05) is 45.4 Å². The first-order valence-electron chi connectivity index (χ1n) is 11.0. The van der Waals surface area contributed by atoms with Crippen LogP contribution in [0.3, 0.4) is 0 Å². The lowest BCUT2D eigenvalue weighted by molar-refractivity contribution is 0.0224. The standard InChI is InChI=1S/C12H17BrO5S.C7H6BrClO2S.C4H11NO3/c1-9-4-10(2-3-11(9)13)19(17,18)8-12(5-14,6-15)7-16;1-5-4-6(12(9,10)11)2-3-7(5)8;5-4(1-6,2-7)3-8/h2-4,14-16H,5-8H2,1H3;2-4H,1H3;6-8H,1-3,5H2. The SMILES string of the molecule is Cc1cc(S(=O)(=O)CC(CO)(CO)CO)ccc1Br.Cc1cc(S(=O)(=O)Cl)ccc1Br.NC(CO)(CO)CO. The lowest BCUT2D eigenvalue weighted by Gasteiger charge is -2.26. The van der Waals surface area contributed by atoms with Crippen LogP contribution in [0.2, 0.25) is 0 Å². The molecule has 11 nitrogen and oxygen atoms in total. The van der Waals surface area contributed by atoms with Crippen LogP contribution in [0.4, 0.5) is 0 Å². The number of nitrogens with two attached hydrogens (primary N) is 1. The number of aryl methyl sites for hydroxylation is 2. The van der Waals surface area contributed by atoms with Gasteiger partial charge in [0, 0.05) is 19.6 Å². The Morgan fingerprint density at radius 2 is 1.08 bits per heavy atom. The Labute approximate surface area is 249 Å². The van der Waals surface area contributed by atoms with Gasteiger partial charge >= 0.3 is 0 Å². The zero-order valence-electron chi connectivity index (χ0n) is 21.3. The molecule has 2 aromatic rings. The second-order valence-corrected chi connectivity index (χ2v) is 15.1. The fourth-order valence-corrected chi connectivity index (χ4v) is 5.71. The molecule has 0 aliphatic carbocycles. The maximum atomic E-state index is 12.2. The molecule has 0 heterocycles. The number of hydrogen-bond donors (Lipinski definition) is 7. The van der Waals surface area contributed by atoms with Gasteiger partial charge in [0.25, 0.3) is 9.05 Å². The highest BCUT2D eigenvalue weighted by Crippen LogP contribution is 2.26. The Hall–Kier alpha value is -0.690. The van der Waals surface area contributed by atoms with E-state index in [1.165, 1.54) is 24.3 Å². The van der Waals surface area contributed by atoms with E-state index >= 15 is 0 Å². The maximum absolute atomic E-state index is 12.2. The third-order valence-electron chi connectivity index (χ3n) is 5.35. The molecular weight excluding hydrogens is 710 g/mol. The molecule has 0 saturated carbocycles. The Kier molecular flexibility index (Phi) is 16.4. The molecule has 0 fully saturated rings. The highest BCUT2D eigenvalue weighted by Gasteiger charge is 2.35. The molecular formula is C23H34Br2ClNO10S2. The molecule has 39 heavy (non-hydrogen) atoms. The van der Waals surface area contributed by atoms with Crippen LogP contribution in [-0.2, 0) is 18.9 Å². The van der Waals surface area contributed by atoms with Crippen LogP contribution in [0.25, 0.3) is 0 Å². The van der Waals surface area contributed by atoms with E-state index in [2.05, 4.69) is 31.9 Å². The minimum atomic E-state index is -3.69. The van der Waals surface area contributed by atoms with Gasteiger partial charge in [-0.1, -0.05) is 31.9 Å². The molecule has 0 aromatic heterocycles. The van der Waals surface area contributed by atoms with Gasteiger partial charge in [-0.15, -0.1) is 0 Å². The average Bonchev–Trinajstić information content (AvgIpc) is 2.90. The number of hydrogen-bond acceptors (Lipinski definition) is 11. The summed E-state index contributed by atoms with van der Waals surface area (Å²) in [7, 11) is -2.15. The monoisotopic (exact) mass is 741 g/mol. The molecule has 0 unspecified atom stereocenters. The molecule has 0 amide bonds. The highest BCUT2D eigenvalue weighted by molar-refractivity contribution is 9.10. The van der Waals surface area contributed by atoms with E-state index in [0.717, 1.165) is 20.1 Å². The Morgan fingerprint density at radius 3 is 1.36 bits per heavy atom. The van der Waals surface area contributed by atoms with Gasteiger partial charge in [-0.2, -0.15) is 0 Å². The summed E-state index contributed by atoms with van der Waals surface area (Å²) in [6, 6.07) is 9.22. The van der Waals surface area contributed by atoms with Crippen LogP contribution in [-0.4, -0.2) is 98.4 Å². The van der Waals surface area contributed by atoms with Gasteiger partial charge < -0.3 is 36.4 Å². The van der Waals surface area contributed by atoms with Crippen LogP contribution < -0.4 is 5.73 Å². The van der Waals surface area contributed by atoms with Crippen molar-refractivity contribution in [1.82, 2.24) is 0 Å². The molecule has 0 radical (unpaired) electrons. The van der Waals surface area contributed by atoms with E-state index in [1.807, 2.05) is 0 Å². The number of rotatable bonds is 10. The van der Waals surface area contributed by atoms with E-state index in [0.29, 0.717) is 0 Å². The molecule has 16 heteroatoms. The minimum Gasteiger partial charge on any atom is -0.396 e. The minimum absolute atomic E-state index is 0.105. The van der Waals surface area contributed by atoms with Gasteiger partial charge in [0.05, 0.1) is 66.1 Å². The smallest absolute Gasteiger partial charge is 0.261 e. The molecule has 0 aliphatic heterocycles. The van der Waals surface area contributed by atoms with Crippen molar-refractivity contribution in [2.45, 2.75) is 29.2 Å².